The normalized spacial score (nSPS) is 13.3. The van der Waals surface area contributed by atoms with E-state index in [0.29, 0.717) is 12.1 Å². The van der Waals surface area contributed by atoms with Crippen LogP contribution in [0.15, 0.2) is 48.0 Å². The summed E-state index contributed by atoms with van der Waals surface area (Å²) in [5.74, 6) is -2.43. The molecule has 0 atom stereocenters. The Labute approximate surface area is 182 Å². The van der Waals surface area contributed by atoms with Gasteiger partial charge in [-0.2, -0.15) is 31.4 Å². The highest BCUT2D eigenvalue weighted by Gasteiger charge is 2.37. The van der Waals surface area contributed by atoms with Gasteiger partial charge in [0.05, 0.1) is 29.0 Å². The van der Waals surface area contributed by atoms with Gasteiger partial charge in [0, 0.05) is 23.5 Å². The first kappa shape index (κ1) is 25.6. The van der Waals surface area contributed by atoms with Crippen molar-refractivity contribution in [1.82, 2.24) is 10.4 Å². The van der Waals surface area contributed by atoms with Crippen molar-refractivity contribution in [1.29, 1.82) is 0 Å². The number of aromatic nitrogens is 1. The van der Waals surface area contributed by atoms with Crippen LogP contribution in [0.2, 0.25) is 0 Å². The Morgan fingerprint density at radius 1 is 1.03 bits per heavy atom. The maximum absolute atomic E-state index is 13.5. The fourth-order valence-corrected chi connectivity index (χ4v) is 2.43. The third-order valence-electron chi connectivity index (χ3n) is 3.86. The zero-order valence-corrected chi connectivity index (χ0v) is 17.1. The van der Waals surface area contributed by atoms with E-state index in [-0.39, 0.29) is 17.2 Å². The van der Waals surface area contributed by atoms with E-state index in [0.717, 1.165) is 24.7 Å². The van der Waals surface area contributed by atoms with Crippen LogP contribution in [0.3, 0.4) is 0 Å². The molecule has 2 rings (SSSR count). The maximum Gasteiger partial charge on any atom is 0.416 e. The summed E-state index contributed by atoms with van der Waals surface area (Å²) in [7, 11) is 0. The minimum Gasteiger partial charge on any atom is -0.459 e. The molecule has 2 aromatic rings. The number of nitrogens with two attached hydrogens (primary N) is 1. The van der Waals surface area contributed by atoms with Crippen LogP contribution in [0, 0.1) is 5.82 Å². The second-order valence-electron chi connectivity index (χ2n) is 6.82. The number of nitrogens with zero attached hydrogens (tertiary/aromatic N) is 2. The molecule has 6 nitrogen and oxygen atoms in total. The number of halogens is 7. The number of benzene rings is 1. The molecule has 1 aromatic carbocycles. The molecule has 0 saturated carbocycles. The van der Waals surface area contributed by atoms with E-state index < -0.39 is 52.8 Å². The molecule has 0 fully saturated rings. The van der Waals surface area contributed by atoms with Crippen LogP contribution in [-0.4, -0.2) is 22.9 Å². The van der Waals surface area contributed by atoms with Crippen LogP contribution in [0.5, 0.6) is 0 Å². The molecular weight excluding hydrogens is 461 g/mol. The van der Waals surface area contributed by atoms with Crippen molar-refractivity contribution >= 4 is 17.4 Å². The number of carbonyl (C=O) groups excluding carboxylic acids is 1. The molecule has 178 valence electrons. The number of hydrogen-bond donors (Lipinski definition) is 2. The molecule has 1 heterocycles. The monoisotopic (exact) mass is 478 g/mol. The van der Waals surface area contributed by atoms with E-state index in [1.54, 1.807) is 13.8 Å². The molecule has 3 N–H and O–H groups in total. The fourth-order valence-electron chi connectivity index (χ4n) is 2.43. The van der Waals surface area contributed by atoms with Gasteiger partial charge in [-0.25, -0.2) is 9.18 Å². The van der Waals surface area contributed by atoms with E-state index >= 15 is 0 Å². The lowest BCUT2D eigenvalue weighted by molar-refractivity contribution is -0.143. The smallest absolute Gasteiger partial charge is 0.416 e. The molecule has 1 aromatic heterocycles. The summed E-state index contributed by atoms with van der Waals surface area (Å²) in [5, 5.41) is 3.50. The highest BCUT2D eigenvalue weighted by atomic mass is 19.4. The van der Waals surface area contributed by atoms with Crippen LogP contribution >= 0.6 is 0 Å². The maximum atomic E-state index is 13.5. The van der Waals surface area contributed by atoms with Crippen molar-refractivity contribution in [2.24, 2.45) is 10.8 Å². The number of ether oxygens (including phenoxy) is 1. The van der Waals surface area contributed by atoms with Crippen LogP contribution in [-0.2, 0) is 21.9 Å². The Morgan fingerprint density at radius 2 is 1.61 bits per heavy atom. The Hall–Kier alpha value is -3.64. The molecule has 0 radical (unpaired) electrons. The standard InChI is InChI=1S/C20H17F7N4O2/c1-10(2)33-18(32)16(12-5-15(21)8-29-7-12)9-30-31-17(28)11-3-13(19(22,23)24)6-14(4-11)20(25,26)27/h3-10,30H,1-2H3,(H2,28,31)/b16-9+. The second kappa shape index (κ2) is 9.88. The van der Waals surface area contributed by atoms with Crippen molar-refractivity contribution in [3.63, 3.8) is 0 Å². The van der Waals surface area contributed by atoms with E-state index in [2.05, 4.69) is 15.5 Å². The van der Waals surface area contributed by atoms with Gasteiger partial charge in [0.2, 0.25) is 0 Å². The molecule has 13 heteroatoms. The average Bonchev–Trinajstić information content (AvgIpc) is 2.68. The predicted octanol–water partition coefficient (Wildman–Crippen LogP) is 4.46. The van der Waals surface area contributed by atoms with Gasteiger partial charge in [-0.3, -0.25) is 10.4 Å². The number of pyridine rings is 1. The molecule has 0 aliphatic heterocycles. The Kier molecular flexibility index (Phi) is 7.67. The quantitative estimate of drug-likeness (QED) is 0.160. The van der Waals surface area contributed by atoms with E-state index in [9.17, 15) is 35.5 Å². The minimum absolute atomic E-state index is 0.0275. The number of hydrogen-bond acceptors (Lipinski definition) is 5. The summed E-state index contributed by atoms with van der Waals surface area (Å²) in [5.41, 5.74) is 3.60. The predicted molar refractivity (Wildman–Crippen MR) is 104 cm³/mol. The van der Waals surface area contributed by atoms with Gasteiger partial charge in [-0.05, 0) is 38.1 Å². The Balaban J connectivity index is 2.44. The summed E-state index contributed by atoms with van der Waals surface area (Å²) < 4.78 is 96.6. The van der Waals surface area contributed by atoms with Crippen LogP contribution in [0.4, 0.5) is 30.7 Å². The van der Waals surface area contributed by atoms with E-state index in [4.69, 9.17) is 10.5 Å². The Bertz CT molecular complexity index is 1040. The first-order valence-electron chi connectivity index (χ1n) is 9.09. The van der Waals surface area contributed by atoms with Gasteiger partial charge >= 0.3 is 18.3 Å². The number of rotatable bonds is 6. The van der Waals surface area contributed by atoms with Gasteiger partial charge < -0.3 is 10.5 Å². The highest BCUT2D eigenvalue weighted by molar-refractivity contribution is 6.16. The lowest BCUT2D eigenvalue weighted by Gasteiger charge is -2.14. The molecule has 0 unspecified atom stereocenters. The summed E-state index contributed by atoms with van der Waals surface area (Å²) in [6.07, 6.45) is -7.78. The molecule has 0 amide bonds. The van der Waals surface area contributed by atoms with Crippen molar-refractivity contribution in [2.45, 2.75) is 32.3 Å². The SMILES string of the molecule is CC(C)OC(=O)/C(=C/N/N=C(\N)c1cc(C(F)(F)F)cc(C(F)(F)F)c1)c1cncc(F)c1. The topological polar surface area (TPSA) is 89.6 Å². The highest BCUT2D eigenvalue weighted by Crippen LogP contribution is 2.36. The van der Waals surface area contributed by atoms with Gasteiger partial charge in [-0.15, -0.1) is 0 Å². The zero-order valence-electron chi connectivity index (χ0n) is 17.1. The number of hydrazone groups is 1. The first-order chi connectivity index (χ1) is 15.2. The third-order valence-corrected chi connectivity index (χ3v) is 3.86. The molecule has 33 heavy (non-hydrogen) atoms. The summed E-state index contributed by atoms with van der Waals surface area (Å²) in [6, 6.07) is 1.69. The largest absolute Gasteiger partial charge is 0.459 e. The minimum atomic E-state index is -5.07. The number of esters is 1. The van der Waals surface area contributed by atoms with Crippen molar-refractivity contribution in [3.8, 4) is 0 Å². The van der Waals surface area contributed by atoms with Gasteiger partial charge in [0.15, 0.2) is 5.84 Å². The van der Waals surface area contributed by atoms with E-state index in [1.165, 1.54) is 0 Å². The molecule has 0 saturated heterocycles. The van der Waals surface area contributed by atoms with Gasteiger partial charge in [-0.1, -0.05) is 0 Å². The summed E-state index contributed by atoms with van der Waals surface area (Å²) >= 11 is 0. The zero-order chi connectivity index (χ0) is 25.0. The average molecular weight is 478 g/mol. The second-order valence-corrected chi connectivity index (χ2v) is 6.82. The molecular formula is C20H17F7N4O2. The lowest BCUT2D eigenvalue weighted by atomic mass is 10.0. The van der Waals surface area contributed by atoms with Crippen LogP contribution in [0.25, 0.3) is 5.57 Å². The third kappa shape index (κ3) is 7.19. The number of nitrogens with one attached hydrogen (secondary N) is 1. The molecule has 0 aliphatic rings. The number of alkyl halides is 6. The first-order valence-corrected chi connectivity index (χ1v) is 9.09. The Morgan fingerprint density at radius 3 is 2.09 bits per heavy atom. The molecule has 0 bridgehead atoms. The van der Waals surface area contributed by atoms with Crippen LogP contribution < -0.4 is 11.2 Å². The van der Waals surface area contributed by atoms with E-state index in [1.807, 2.05) is 0 Å². The lowest BCUT2D eigenvalue weighted by Crippen LogP contribution is -2.21. The van der Waals surface area contributed by atoms with Crippen LogP contribution in [0.1, 0.15) is 36.1 Å². The van der Waals surface area contributed by atoms with Gasteiger partial charge in [0.1, 0.15) is 5.82 Å². The number of amidine groups is 1. The summed E-state index contributed by atoms with van der Waals surface area (Å²) in [6.45, 7) is 3.10. The summed E-state index contributed by atoms with van der Waals surface area (Å²) in [4.78, 5) is 15.9. The molecule has 0 aliphatic carbocycles. The molecule has 0 spiro atoms. The number of carbonyl (C=O) groups is 1. The fraction of sp³-hybridized carbons (Fsp3) is 0.250. The van der Waals surface area contributed by atoms with Gasteiger partial charge in [0.25, 0.3) is 0 Å². The van der Waals surface area contributed by atoms with Crippen molar-refractivity contribution in [3.05, 3.63) is 70.9 Å². The van der Waals surface area contributed by atoms with Crippen molar-refractivity contribution < 1.29 is 40.3 Å². The van der Waals surface area contributed by atoms with Crippen molar-refractivity contribution in [2.75, 3.05) is 0 Å².